The third-order valence-electron chi connectivity index (χ3n) is 6.10. The van der Waals surface area contributed by atoms with E-state index in [0.717, 1.165) is 17.0 Å². The Hall–Kier alpha value is -4.58. The van der Waals surface area contributed by atoms with Crippen molar-refractivity contribution in [2.75, 3.05) is 30.9 Å². The van der Waals surface area contributed by atoms with Gasteiger partial charge in [-0.15, -0.1) is 0 Å². The molecule has 4 aromatic carbocycles. The van der Waals surface area contributed by atoms with Crippen LogP contribution in [0.1, 0.15) is 27.0 Å². The third-order valence-corrected chi connectivity index (χ3v) is 6.10. The number of carbonyl (C=O) groups excluding carboxylic acids is 2. The summed E-state index contributed by atoms with van der Waals surface area (Å²) < 4.78 is 10.9. The van der Waals surface area contributed by atoms with Crippen LogP contribution in [0.15, 0.2) is 103 Å². The second-order valence-corrected chi connectivity index (χ2v) is 8.95. The van der Waals surface area contributed by atoms with Gasteiger partial charge in [-0.1, -0.05) is 66.7 Å². The van der Waals surface area contributed by atoms with E-state index in [1.54, 1.807) is 24.3 Å². The number of carbonyl (C=O) groups is 2. The summed E-state index contributed by atoms with van der Waals surface area (Å²) >= 11 is 0. The van der Waals surface area contributed by atoms with E-state index in [1.165, 1.54) is 12.7 Å². The molecular formula is C32H32N2O4. The minimum absolute atomic E-state index is 0.115. The molecule has 4 aromatic rings. The highest BCUT2D eigenvalue weighted by Crippen LogP contribution is 2.22. The molecule has 1 unspecified atom stereocenters. The van der Waals surface area contributed by atoms with Gasteiger partial charge in [-0.3, -0.25) is 4.79 Å². The molecule has 0 spiro atoms. The fraction of sp³-hybridized carbons (Fsp3) is 0.188. The van der Waals surface area contributed by atoms with Crippen LogP contribution in [-0.2, 0) is 16.0 Å². The summed E-state index contributed by atoms with van der Waals surface area (Å²) in [5.41, 5.74) is 4.87. The molecule has 0 saturated carbocycles. The van der Waals surface area contributed by atoms with E-state index in [2.05, 4.69) is 29.7 Å². The number of ketones is 1. The summed E-state index contributed by atoms with van der Waals surface area (Å²) in [6.45, 7) is 3.26. The van der Waals surface area contributed by atoms with E-state index in [4.69, 9.17) is 9.47 Å². The van der Waals surface area contributed by atoms with E-state index in [1.807, 2.05) is 66.7 Å². The average Bonchev–Trinajstić information content (AvgIpc) is 2.96. The lowest BCUT2D eigenvalue weighted by Crippen LogP contribution is -2.33. The first-order valence-electron chi connectivity index (χ1n) is 12.6. The van der Waals surface area contributed by atoms with Gasteiger partial charge in [-0.05, 0) is 54.4 Å². The number of anilines is 2. The van der Waals surface area contributed by atoms with Crippen LogP contribution in [0.3, 0.4) is 0 Å². The van der Waals surface area contributed by atoms with Crippen molar-refractivity contribution in [3.8, 4) is 5.75 Å². The molecule has 6 nitrogen and oxygen atoms in total. The molecule has 38 heavy (non-hydrogen) atoms. The normalized spacial score (nSPS) is 11.3. The second kappa shape index (κ2) is 13.1. The number of ether oxygens (including phenoxy) is 2. The number of methoxy groups -OCH3 is 1. The van der Waals surface area contributed by atoms with Crippen molar-refractivity contribution in [1.82, 2.24) is 0 Å². The van der Waals surface area contributed by atoms with Crippen LogP contribution in [-0.4, -0.2) is 38.1 Å². The van der Waals surface area contributed by atoms with Crippen LogP contribution in [0.5, 0.6) is 5.75 Å². The lowest BCUT2D eigenvalue weighted by Gasteiger charge is -2.20. The molecule has 0 heterocycles. The topological polar surface area (TPSA) is 76.7 Å². The average molecular weight is 509 g/mol. The van der Waals surface area contributed by atoms with Gasteiger partial charge in [0.15, 0.2) is 5.78 Å². The van der Waals surface area contributed by atoms with Crippen molar-refractivity contribution < 1.29 is 19.1 Å². The molecular weight excluding hydrogens is 476 g/mol. The first kappa shape index (κ1) is 26.5. The molecule has 1 atom stereocenters. The van der Waals surface area contributed by atoms with Crippen molar-refractivity contribution in [2.45, 2.75) is 19.4 Å². The first-order valence-corrected chi connectivity index (χ1v) is 12.6. The molecule has 0 aliphatic heterocycles. The molecule has 0 fully saturated rings. The van der Waals surface area contributed by atoms with E-state index in [-0.39, 0.29) is 5.78 Å². The summed E-state index contributed by atoms with van der Waals surface area (Å²) in [6.07, 6.45) is 0.385. The number of hydrogen-bond acceptors (Lipinski definition) is 6. The van der Waals surface area contributed by atoms with Crippen molar-refractivity contribution in [2.24, 2.45) is 0 Å². The summed E-state index contributed by atoms with van der Waals surface area (Å²) in [5, 5.41) is 6.59. The quantitative estimate of drug-likeness (QED) is 0.141. The van der Waals surface area contributed by atoms with E-state index in [0.29, 0.717) is 36.4 Å². The molecule has 0 bridgehead atoms. The summed E-state index contributed by atoms with van der Waals surface area (Å²) in [4.78, 5) is 25.8. The highest BCUT2D eigenvalue weighted by Gasteiger charge is 2.22. The van der Waals surface area contributed by atoms with Crippen LogP contribution >= 0.6 is 0 Å². The lowest BCUT2D eigenvalue weighted by atomic mass is 10.00. The van der Waals surface area contributed by atoms with Crippen LogP contribution in [0, 0.1) is 6.92 Å². The Morgan fingerprint density at radius 1 is 0.842 bits per heavy atom. The second-order valence-electron chi connectivity index (χ2n) is 8.95. The molecule has 0 aliphatic rings. The molecule has 4 rings (SSSR count). The predicted molar refractivity (Wildman–Crippen MR) is 151 cm³/mol. The molecule has 2 N–H and O–H groups in total. The Morgan fingerprint density at radius 2 is 1.58 bits per heavy atom. The lowest BCUT2D eigenvalue weighted by molar-refractivity contribution is -0.141. The van der Waals surface area contributed by atoms with Gasteiger partial charge in [0.05, 0.1) is 7.11 Å². The number of rotatable bonds is 12. The maximum absolute atomic E-state index is 13.1. The molecule has 194 valence electrons. The number of benzene rings is 4. The Morgan fingerprint density at radius 3 is 2.32 bits per heavy atom. The number of para-hydroxylation sites is 1. The zero-order chi connectivity index (χ0) is 26.7. The smallest absolute Gasteiger partial charge is 0.328 e. The van der Waals surface area contributed by atoms with Crippen molar-refractivity contribution >= 4 is 23.1 Å². The van der Waals surface area contributed by atoms with Gasteiger partial charge < -0.3 is 20.1 Å². The molecule has 0 aromatic heterocycles. The Bertz CT molecular complexity index is 1350. The number of esters is 1. The summed E-state index contributed by atoms with van der Waals surface area (Å²) in [5.74, 6) is 0.228. The molecule has 0 radical (unpaired) electrons. The van der Waals surface area contributed by atoms with Crippen LogP contribution in [0.25, 0.3) is 0 Å². The largest absolute Gasteiger partial charge is 0.492 e. The van der Waals surface area contributed by atoms with Gasteiger partial charge in [-0.25, -0.2) is 4.79 Å². The molecule has 0 amide bonds. The van der Waals surface area contributed by atoms with Crippen LogP contribution in [0.2, 0.25) is 0 Å². The van der Waals surface area contributed by atoms with E-state index >= 15 is 0 Å². The Labute approximate surface area is 223 Å². The van der Waals surface area contributed by atoms with Gasteiger partial charge in [0.25, 0.3) is 0 Å². The minimum atomic E-state index is -0.671. The fourth-order valence-corrected chi connectivity index (χ4v) is 4.15. The fourth-order valence-electron chi connectivity index (χ4n) is 4.15. The Balaban J connectivity index is 1.38. The van der Waals surface area contributed by atoms with Gasteiger partial charge in [0.2, 0.25) is 0 Å². The maximum atomic E-state index is 13.1. The number of aryl methyl sites for hydroxylation is 1. The number of nitrogens with one attached hydrogen (secondary N) is 2. The summed E-state index contributed by atoms with van der Waals surface area (Å²) in [7, 11) is 1.36. The zero-order valence-corrected chi connectivity index (χ0v) is 21.6. The standard InChI is InChI=1S/C32H32N2O4/c1-23-9-8-12-26(21-23)33-19-20-38-27-17-15-24(16-18-27)22-30(32(36)37-2)34-29-14-7-6-13-28(29)31(35)25-10-4-3-5-11-25/h3-18,21,30,33-34H,19-20,22H2,1-2H3. The van der Waals surface area contributed by atoms with Crippen LogP contribution in [0.4, 0.5) is 11.4 Å². The predicted octanol–water partition coefficient (Wildman–Crippen LogP) is 5.91. The Kier molecular flexibility index (Phi) is 9.13. The molecule has 0 saturated heterocycles. The molecule has 0 aliphatic carbocycles. The minimum Gasteiger partial charge on any atom is -0.492 e. The zero-order valence-electron chi connectivity index (χ0n) is 21.6. The van der Waals surface area contributed by atoms with Crippen molar-refractivity contribution in [1.29, 1.82) is 0 Å². The highest BCUT2D eigenvalue weighted by molar-refractivity contribution is 6.12. The highest BCUT2D eigenvalue weighted by atomic mass is 16.5. The van der Waals surface area contributed by atoms with Gasteiger partial charge >= 0.3 is 5.97 Å². The van der Waals surface area contributed by atoms with E-state index < -0.39 is 12.0 Å². The third kappa shape index (κ3) is 7.23. The SMILES string of the molecule is COC(=O)C(Cc1ccc(OCCNc2cccc(C)c2)cc1)Nc1ccccc1C(=O)c1ccccc1. The van der Waals surface area contributed by atoms with Gasteiger partial charge in [0.1, 0.15) is 18.4 Å². The number of hydrogen-bond donors (Lipinski definition) is 2. The van der Waals surface area contributed by atoms with Crippen molar-refractivity contribution in [3.05, 3.63) is 125 Å². The monoisotopic (exact) mass is 508 g/mol. The van der Waals surface area contributed by atoms with Gasteiger partial charge in [0, 0.05) is 35.5 Å². The van der Waals surface area contributed by atoms with Gasteiger partial charge in [-0.2, -0.15) is 0 Å². The van der Waals surface area contributed by atoms with Crippen LogP contribution < -0.4 is 15.4 Å². The van der Waals surface area contributed by atoms with Crippen molar-refractivity contribution in [3.63, 3.8) is 0 Å². The molecule has 6 heteroatoms. The first-order chi connectivity index (χ1) is 18.5. The summed E-state index contributed by atoms with van der Waals surface area (Å²) in [6, 6.07) is 31.5. The maximum Gasteiger partial charge on any atom is 0.328 e. The van der Waals surface area contributed by atoms with E-state index in [9.17, 15) is 9.59 Å².